The topological polar surface area (TPSA) is 92.3 Å². The monoisotopic (exact) mass is 398 g/mol. The molecule has 2 N–H and O–H groups in total. The third-order valence-electron chi connectivity index (χ3n) is 4.08. The summed E-state index contributed by atoms with van der Waals surface area (Å²) in [7, 11) is 6.91. The van der Waals surface area contributed by atoms with Crippen LogP contribution in [0.5, 0.6) is 11.5 Å². The Balaban J connectivity index is 1.92. The van der Waals surface area contributed by atoms with Gasteiger partial charge in [0.05, 0.1) is 20.6 Å². The summed E-state index contributed by atoms with van der Waals surface area (Å²) in [4.78, 5) is 26.4. The summed E-state index contributed by atoms with van der Waals surface area (Å²) in [5.41, 5.74) is 5.02. The summed E-state index contributed by atoms with van der Waals surface area (Å²) < 4.78 is 10.3. The summed E-state index contributed by atoms with van der Waals surface area (Å²) in [6.45, 7) is 1.67. The Morgan fingerprint density at radius 2 is 1.66 bits per heavy atom. The van der Waals surface area contributed by atoms with Gasteiger partial charge in [0.15, 0.2) is 11.5 Å². The van der Waals surface area contributed by atoms with Gasteiger partial charge in [0.1, 0.15) is 0 Å². The Hall–Kier alpha value is -3.55. The van der Waals surface area contributed by atoms with Crippen LogP contribution in [0.15, 0.2) is 47.6 Å². The van der Waals surface area contributed by atoms with Crippen LogP contribution in [0.4, 0.5) is 11.4 Å². The van der Waals surface area contributed by atoms with Crippen LogP contribution >= 0.6 is 0 Å². The van der Waals surface area contributed by atoms with Crippen LogP contribution < -0.4 is 25.1 Å². The lowest BCUT2D eigenvalue weighted by atomic mass is 10.2. The van der Waals surface area contributed by atoms with Gasteiger partial charge in [-0.2, -0.15) is 5.10 Å². The van der Waals surface area contributed by atoms with E-state index in [1.807, 2.05) is 43.3 Å². The van der Waals surface area contributed by atoms with Crippen molar-refractivity contribution in [2.24, 2.45) is 5.10 Å². The Bertz CT molecular complexity index is 892. The highest BCUT2D eigenvalue weighted by Crippen LogP contribution is 2.27. The van der Waals surface area contributed by atoms with Gasteiger partial charge in [0, 0.05) is 36.7 Å². The average Bonchev–Trinajstić information content (AvgIpc) is 2.71. The van der Waals surface area contributed by atoms with Crippen LogP contribution in [0.3, 0.4) is 0 Å². The molecule has 0 spiro atoms. The molecular formula is C21H26N4O4. The lowest BCUT2D eigenvalue weighted by Gasteiger charge is -2.13. The molecule has 0 unspecified atom stereocenters. The molecule has 2 aromatic carbocycles. The number of nitrogens with zero attached hydrogens (tertiary/aromatic N) is 2. The largest absolute Gasteiger partial charge is 0.493 e. The minimum atomic E-state index is -0.412. The highest BCUT2D eigenvalue weighted by atomic mass is 16.5. The first kappa shape index (κ1) is 21.7. The quantitative estimate of drug-likeness (QED) is 0.527. The van der Waals surface area contributed by atoms with Crippen LogP contribution in [0, 0.1) is 0 Å². The summed E-state index contributed by atoms with van der Waals surface area (Å²) in [6.07, 6.45) is 0.0572. The van der Waals surface area contributed by atoms with E-state index in [4.69, 9.17) is 9.47 Å². The molecule has 2 aromatic rings. The predicted octanol–water partition coefficient (Wildman–Crippen LogP) is 2.90. The number of hydrazone groups is 1. The highest BCUT2D eigenvalue weighted by Gasteiger charge is 2.11. The summed E-state index contributed by atoms with van der Waals surface area (Å²) in [5.74, 6) is 0.341. The van der Waals surface area contributed by atoms with Gasteiger partial charge in [0.25, 0.3) is 5.91 Å². The minimum absolute atomic E-state index is 0.0572. The van der Waals surface area contributed by atoms with Crippen molar-refractivity contribution >= 4 is 28.9 Å². The Morgan fingerprint density at radius 3 is 2.24 bits per heavy atom. The number of hydrogen-bond acceptors (Lipinski definition) is 6. The predicted molar refractivity (Wildman–Crippen MR) is 114 cm³/mol. The van der Waals surface area contributed by atoms with E-state index in [0.29, 0.717) is 28.5 Å². The zero-order valence-electron chi connectivity index (χ0n) is 17.3. The first-order valence-electron chi connectivity index (χ1n) is 8.96. The van der Waals surface area contributed by atoms with Gasteiger partial charge in [-0.3, -0.25) is 9.59 Å². The average molecular weight is 398 g/mol. The van der Waals surface area contributed by atoms with Crippen LogP contribution in [0.2, 0.25) is 0 Å². The molecule has 8 heteroatoms. The van der Waals surface area contributed by atoms with Crippen molar-refractivity contribution in [3.63, 3.8) is 0 Å². The number of ether oxygens (including phenoxy) is 2. The van der Waals surface area contributed by atoms with Crippen molar-refractivity contribution in [3.8, 4) is 11.5 Å². The smallest absolute Gasteiger partial charge is 0.271 e. The number of methoxy groups -OCH3 is 2. The van der Waals surface area contributed by atoms with Gasteiger partial charge >= 0.3 is 0 Å². The van der Waals surface area contributed by atoms with Crippen LogP contribution in [-0.2, 0) is 4.79 Å². The maximum absolute atomic E-state index is 12.3. The number of carbonyl (C=O) groups is 2. The molecule has 0 radical (unpaired) electrons. The van der Waals surface area contributed by atoms with Crippen LogP contribution in [0.1, 0.15) is 23.7 Å². The summed E-state index contributed by atoms with van der Waals surface area (Å²) in [6, 6.07) is 12.3. The lowest BCUT2D eigenvalue weighted by molar-refractivity contribution is -0.115. The molecule has 0 bridgehead atoms. The maximum Gasteiger partial charge on any atom is 0.271 e. The number of rotatable bonds is 8. The number of hydrogen-bond donors (Lipinski definition) is 2. The van der Waals surface area contributed by atoms with E-state index in [1.165, 1.54) is 14.2 Å². The number of amides is 2. The Morgan fingerprint density at radius 1 is 1.00 bits per heavy atom. The number of anilines is 2. The molecule has 0 heterocycles. The van der Waals surface area contributed by atoms with Crippen LogP contribution in [-0.4, -0.2) is 45.8 Å². The lowest BCUT2D eigenvalue weighted by Crippen LogP contribution is -2.21. The van der Waals surface area contributed by atoms with E-state index in [2.05, 4.69) is 15.8 Å². The van der Waals surface area contributed by atoms with Crippen molar-refractivity contribution < 1.29 is 19.1 Å². The Kier molecular flexibility index (Phi) is 7.59. The second-order valence-electron chi connectivity index (χ2n) is 6.52. The van der Waals surface area contributed by atoms with E-state index < -0.39 is 5.91 Å². The second-order valence-corrected chi connectivity index (χ2v) is 6.52. The van der Waals surface area contributed by atoms with Gasteiger partial charge < -0.3 is 19.7 Å². The molecule has 0 atom stereocenters. The first-order valence-corrected chi connectivity index (χ1v) is 8.96. The molecule has 2 amide bonds. The molecule has 0 fully saturated rings. The zero-order valence-corrected chi connectivity index (χ0v) is 17.3. The number of nitrogens with one attached hydrogen (secondary N) is 2. The van der Waals surface area contributed by atoms with E-state index in [0.717, 1.165) is 5.69 Å². The number of carbonyl (C=O) groups excluding carboxylic acids is 2. The van der Waals surface area contributed by atoms with E-state index in [-0.39, 0.29) is 12.3 Å². The molecule has 0 aliphatic carbocycles. The van der Waals surface area contributed by atoms with Gasteiger partial charge in [-0.05, 0) is 49.4 Å². The van der Waals surface area contributed by atoms with Gasteiger partial charge in [-0.15, -0.1) is 0 Å². The fourth-order valence-electron chi connectivity index (χ4n) is 2.51. The van der Waals surface area contributed by atoms with Crippen molar-refractivity contribution in [1.29, 1.82) is 0 Å². The summed E-state index contributed by atoms with van der Waals surface area (Å²) >= 11 is 0. The first-order chi connectivity index (χ1) is 13.8. The van der Waals surface area contributed by atoms with Gasteiger partial charge in [-0.25, -0.2) is 5.43 Å². The molecule has 8 nitrogen and oxygen atoms in total. The molecule has 2 rings (SSSR count). The fourth-order valence-corrected chi connectivity index (χ4v) is 2.51. The SMILES string of the molecule is COc1ccc(C(=O)N/N=C(/C)CC(=O)Nc2ccc(N(C)C)cc2)cc1OC. The minimum Gasteiger partial charge on any atom is -0.493 e. The van der Waals surface area contributed by atoms with Crippen molar-refractivity contribution in [2.75, 3.05) is 38.5 Å². The van der Waals surface area contributed by atoms with E-state index in [9.17, 15) is 9.59 Å². The standard InChI is InChI=1S/C21H26N4O4/c1-14(12-20(26)22-16-7-9-17(10-8-16)25(2)3)23-24-21(27)15-6-11-18(28-4)19(13-15)29-5/h6-11,13H,12H2,1-5H3,(H,22,26)(H,24,27)/b23-14-. The van der Waals surface area contributed by atoms with E-state index in [1.54, 1.807) is 25.1 Å². The summed E-state index contributed by atoms with van der Waals surface area (Å²) in [5, 5.41) is 6.80. The van der Waals surface area contributed by atoms with E-state index >= 15 is 0 Å². The number of benzene rings is 2. The van der Waals surface area contributed by atoms with Crippen molar-refractivity contribution in [2.45, 2.75) is 13.3 Å². The maximum atomic E-state index is 12.3. The van der Waals surface area contributed by atoms with Crippen LogP contribution in [0.25, 0.3) is 0 Å². The molecule has 0 saturated heterocycles. The third-order valence-corrected chi connectivity index (χ3v) is 4.08. The highest BCUT2D eigenvalue weighted by molar-refractivity contribution is 6.06. The molecule has 0 aliphatic heterocycles. The molecule has 0 aromatic heterocycles. The fraction of sp³-hybridized carbons (Fsp3) is 0.286. The molecular weight excluding hydrogens is 372 g/mol. The zero-order chi connectivity index (χ0) is 21.4. The molecule has 0 saturated carbocycles. The van der Waals surface area contributed by atoms with Gasteiger partial charge in [-0.1, -0.05) is 0 Å². The van der Waals surface area contributed by atoms with Crippen molar-refractivity contribution in [1.82, 2.24) is 5.43 Å². The third kappa shape index (κ3) is 6.24. The van der Waals surface area contributed by atoms with Gasteiger partial charge in [0.2, 0.25) is 5.91 Å². The normalized spacial score (nSPS) is 10.9. The van der Waals surface area contributed by atoms with Crippen molar-refractivity contribution in [3.05, 3.63) is 48.0 Å². The molecule has 0 aliphatic rings. The molecule has 29 heavy (non-hydrogen) atoms. The second kappa shape index (κ2) is 10.1. The molecule has 154 valence electrons. The Labute approximate surface area is 170 Å².